The highest BCUT2D eigenvalue weighted by molar-refractivity contribution is 5.26. The van der Waals surface area contributed by atoms with Crippen LogP contribution in [0.25, 0.3) is 0 Å². The Morgan fingerprint density at radius 3 is 2.62 bits per heavy atom. The van der Waals surface area contributed by atoms with Crippen molar-refractivity contribution < 1.29 is 9.50 Å². The molecule has 1 aromatic carbocycles. The van der Waals surface area contributed by atoms with Crippen LogP contribution in [-0.2, 0) is 6.42 Å². The third-order valence-corrected chi connectivity index (χ3v) is 3.89. The first-order valence-corrected chi connectivity index (χ1v) is 7.53. The smallest absolute Gasteiger partial charge is 0.129 e. The average molecular weight is 290 g/mol. The van der Waals surface area contributed by atoms with Gasteiger partial charge in [0.05, 0.1) is 17.8 Å². The third kappa shape index (κ3) is 3.70. The summed E-state index contributed by atoms with van der Waals surface area (Å²) in [5, 5.41) is 14.8. The molecule has 0 aliphatic rings. The molecule has 3 nitrogen and oxygen atoms in total. The van der Waals surface area contributed by atoms with Crippen LogP contribution in [0.1, 0.15) is 55.7 Å². The molecule has 1 aromatic heterocycles. The zero-order valence-corrected chi connectivity index (χ0v) is 12.9. The van der Waals surface area contributed by atoms with Crippen molar-refractivity contribution in [2.24, 2.45) is 0 Å². The monoisotopic (exact) mass is 290 g/mol. The summed E-state index contributed by atoms with van der Waals surface area (Å²) in [6.07, 6.45) is 3.44. The Morgan fingerprint density at radius 1 is 1.24 bits per heavy atom. The molecule has 114 valence electrons. The van der Waals surface area contributed by atoms with E-state index in [9.17, 15) is 9.50 Å². The summed E-state index contributed by atoms with van der Waals surface area (Å²) < 4.78 is 15.7. The largest absolute Gasteiger partial charge is 0.388 e. The fraction of sp³-hybridized carbons (Fsp3) is 0.471. The Morgan fingerprint density at radius 2 is 1.95 bits per heavy atom. The maximum absolute atomic E-state index is 13.8. The van der Waals surface area contributed by atoms with Crippen molar-refractivity contribution in [1.82, 2.24) is 9.78 Å². The number of benzene rings is 1. The van der Waals surface area contributed by atoms with Gasteiger partial charge in [0.1, 0.15) is 5.82 Å². The Balaban J connectivity index is 2.12. The van der Waals surface area contributed by atoms with Crippen molar-refractivity contribution in [3.63, 3.8) is 0 Å². The fourth-order valence-corrected chi connectivity index (χ4v) is 2.58. The van der Waals surface area contributed by atoms with Gasteiger partial charge in [0.15, 0.2) is 0 Å². The van der Waals surface area contributed by atoms with E-state index in [1.807, 2.05) is 23.9 Å². The maximum Gasteiger partial charge on any atom is 0.129 e. The highest BCUT2D eigenvalue weighted by Gasteiger charge is 2.16. The lowest BCUT2D eigenvalue weighted by Gasteiger charge is -2.13. The van der Waals surface area contributed by atoms with Crippen molar-refractivity contribution in [2.75, 3.05) is 0 Å². The molecule has 0 radical (unpaired) electrons. The summed E-state index contributed by atoms with van der Waals surface area (Å²) in [6.45, 7) is 6.15. The minimum Gasteiger partial charge on any atom is -0.388 e. The number of hydrogen-bond donors (Lipinski definition) is 1. The van der Waals surface area contributed by atoms with E-state index in [1.165, 1.54) is 6.07 Å². The van der Waals surface area contributed by atoms with Crippen LogP contribution in [0.5, 0.6) is 0 Å². The number of rotatable bonds is 6. The fourth-order valence-electron chi connectivity index (χ4n) is 2.58. The van der Waals surface area contributed by atoms with E-state index in [-0.39, 0.29) is 5.82 Å². The van der Waals surface area contributed by atoms with Crippen molar-refractivity contribution in [1.29, 1.82) is 0 Å². The number of halogens is 1. The molecule has 0 saturated carbocycles. The normalized spacial score (nSPS) is 12.9. The molecule has 0 spiro atoms. The first-order valence-electron chi connectivity index (χ1n) is 7.53. The average Bonchev–Trinajstić information content (AvgIpc) is 2.91. The van der Waals surface area contributed by atoms with Gasteiger partial charge in [-0.25, -0.2) is 4.39 Å². The van der Waals surface area contributed by atoms with Crippen LogP contribution in [-0.4, -0.2) is 14.9 Å². The second-order valence-electron chi connectivity index (χ2n) is 5.50. The molecule has 0 fully saturated rings. The van der Waals surface area contributed by atoms with Crippen LogP contribution in [0.2, 0.25) is 0 Å². The molecule has 2 aromatic rings. The van der Waals surface area contributed by atoms with Crippen molar-refractivity contribution in [3.8, 4) is 0 Å². The highest BCUT2D eigenvalue weighted by Crippen LogP contribution is 2.22. The van der Waals surface area contributed by atoms with E-state index in [1.54, 1.807) is 12.1 Å². The molecule has 0 amide bonds. The van der Waals surface area contributed by atoms with Gasteiger partial charge in [-0.3, -0.25) is 4.68 Å². The Kier molecular flexibility index (Phi) is 5.12. The molecular weight excluding hydrogens is 267 g/mol. The Hall–Kier alpha value is -1.68. The second-order valence-corrected chi connectivity index (χ2v) is 5.50. The molecule has 4 heteroatoms. The van der Waals surface area contributed by atoms with Crippen molar-refractivity contribution >= 4 is 0 Å². The number of hydrogen-bond acceptors (Lipinski definition) is 2. The highest BCUT2D eigenvalue weighted by atomic mass is 19.1. The van der Waals surface area contributed by atoms with Gasteiger partial charge in [-0.2, -0.15) is 5.10 Å². The molecular formula is C17H23FN2O. The molecule has 1 N–H and O–H groups in total. The summed E-state index contributed by atoms with van der Waals surface area (Å²) in [6, 6.07) is 7.07. The van der Waals surface area contributed by atoms with E-state index in [0.717, 1.165) is 24.1 Å². The van der Waals surface area contributed by atoms with Crippen LogP contribution < -0.4 is 0 Å². The summed E-state index contributed by atoms with van der Waals surface area (Å²) in [5.41, 5.74) is 2.07. The van der Waals surface area contributed by atoms with E-state index >= 15 is 0 Å². The maximum atomic E-state index is 13.8. The number of aromatic nitrogens is 2. The van der Waals surface area contributed by atoms with Crippen molar-refractivity contribution in [3.05, 3.63) is 53.1 Å². The van der Waals surface area contributed by atoms with Gasteiger partial charge in [0.25, 0.3) is 0 Å². The van der Waals surface area contributed by atoms with Crippen LogP contribution in [0, 0.1) is 12.7 Å². The number of aliphatic hydroxyl groups excluding tert-OH is 1. The zero-order chi connectivity index (χ0) is 15.4. The first-order chi connectivity index (χ1) is 10.0. The lowest BCUT2D eigenvalue weighted by atomic mass is 10.0. The van der Waals surface area contributed by atoms with Crippen LogP contribution in [0.15, 0.2) is 30.5 Å². The van der Waals surface area contributed by atoms with Crippen LogP contribution in [0.4, 0.5) is 4.39 Å². The molecule has 1 atom stereocenters. The molecule has 0 aliphatic heterocycles. The molecule has 21 heavy (non-hydrogen) atoms. The van der Waals surface area contributed by atoms with Crippen molar-refractivity contribution in [2.45, 2.75) is 52.2 Å². The Bertz CT molecular complexity index is 590. The second kappa shape index (κ2) is 6.85. The minimum absolute atomic E-state index is 0.327. The third-order valence-electron chi connectivity index (χ3n) is 3.89. The SMILES string of the molecule is CCC(CC)n1ccc(CC(O)c2cc(C)ccc2F)n1. The number of aryl methyl sites for hydroxylation is 1. The van der Waals surface area contributed by atoms with E-state index in [4.69, 9.17) is 0 Å². The topological polar surface area (TPSA) is 38.0 Å². The Labute approximate surface area is 125 Å². The number of nitrogens with zero attached hydrogens (tertiary/aromatic N) is 2. The summed E-state index contributed by atoms with van der Waals surface area (Å²) in [4.78, 5) is 0. The number of aliphatic hydroxyl groups is 1. The molecule has 1 heterocycles. The van der Waals surface area contributed by atoms with Gasteiger partial charge < -0.3 is 5.11 Å². The minimum atomic E-state index is -0.866. The summed E-state index contributed by atoms with van der Waals surface area (Å²) in [7, 11) is 0. The predicted molar refractivity (Wildman–Crippen MR) is 81.6 cm³/mol. The van der Waals surface area contributed by atoms with E-state index in [2.05, 4.69) is 18.9 Å². The van der Waals surface area contributed by atoms with Gasteiger partial charge in [0, 0.05) is 18.2 Å². The zero-order valence-electron chi connectivity index (χ0n) is 12.9. The lowest BCUT2D eigenvalue weighted by Crippen LogP contribution is -2.09. The van der Waals surface area contributed by atoms with Gasteiger partial charge in [-0.05, 0) is 31.9 Å². The van der Waals surface area contributed by atoms with Gasteiger partial charge >= 0.3 is 0 Å². The quantitative estimate of drug-likeness (QED) is 0.874. The lowest BCUT2D eigenvalue weighted by molar-refractivity contribution is 0.172. The van der Waals surface area contributed by atoms with Gasteiger partial charge in [0.2, 0.25) is 0 Å². The van der Waals surface area contributed by atoms with Crippen LogP contribution in [0.3, 0.4) is 0 Å². The van der Waals surface area contributed by atoms with Crippen LogP contribution >= 0.6 is 0 Å². The standard InChI is InChI=1S/C17H23FN2O/c1-4-14(5-2)20-9-8-13(19-20)11-17(21)15-10-12(3)6-7-16(15)18/h6-10,14,17,21H,4-5,11H2,1-3H3. The molecule has 1 unspecified atom stereocenters. The van der Waals surface area contributed by atoms with E-state index in [0.29, 0.717) is 18.0 Å². The van der Waals surface area contributed by atoms with E-state index < -0.39 is 6.10 Å². The molecule has 2 rings (SSSR count). The molecule has 0 saturated heterocycles. The summed E-state index contributed by atoms with van der Waals surface area (Å²) in [5.74, 6) is -0.368. The molecule has 0 bridgehead atoms. The molecule has 0 aliphatic carbocycles. The van der Waals surface area contributed by atoms with Gasteiger partial charge in [-0.15, -0.1) is 0 Å². The first kappa shape index (κ1) is 15.7. The van der Waals surface area contributed by atoms with Gasteiger partial charge in [-0.1, -0.05) is 31.5 Å². The predicted octanol–water partition coefficient (Wildman–Crippen LogP) is 3.97. The summed E-state index contributed by atoms with van der Waals surface area (Å²) >= 11 is 0.